The molecule has 0 aromatic heterocycles. The van der Waals surface area contributed by atoms with Crippen molar-refractivity contribution in [3.8, 4) is 11.1 Å². The van der Waals surface area contributed by atoms with Gasteiger partial charge in [0.25, 0.3) is 0 Å². The standard InChI is InChI=1S/C21H25.C11H17.C3H6.2ClH.Zr/c1-20(2,3)16-7-9-18-14(12-16)11-15-13-17(21(4,5)6)8-10-19(15)18;1-8-6-9(2)10(7-8)11(3,4)5;1-3-2;;;/h7-10,12H,11H2,1-6H3;6-7H,1-5H3;1-2H3;2*1H;/q2*-1;;;;+2/p-2. The second kappa shape index (κ2) is 14.1. The molecule has 0 aliphatic heterocycles. The maximum Gasteiger partial charge on any atom is -0.0632 e. The van der Waals surface area contributed by atoms with E-state index >= 15 is 0 Å². The van der Waals surface area contributed by atoms with Crippen LogP contribution in [-0.4, -0.2) is 3.21 Å². The fourth-order valence-corrected chi connectivity index (χ4v) is 4.64. The van der Waals surface area contributed by atoms with E-state index in [0.717, 1.165) is 6.42 Å². The fourth-order valence-electron chi connectivity index (χ4n) is 4.64. The molecular formula is C35H48Cl2Zr-2. The van der Waals surface area contributed by atoms with Crippen LogP contribution < -0.4 is 24.8 Å². The molecule has 38 heavy (non-hydrogen) atoms. The van der Waals surface area contributed by atoms with E-state index in [9.17, 15) is 0 Å². The summed E-state index contributed by atoms with van der Waals surface area (Å²) < 4.78 is 1.51. The maximum absolute atomic E-state index is 3.67. The molecule has 1 aliphatic carbocycles. The minimum absolute atomic E-state index is 0. The van der Waals surface area contributed by atoms with Gasteiger partial charge in [0, 0.05) is 0 Å². The van der Waals surface area contributed by atoms with Gasteiger partial charge in [0.2, 0.25) is 0 Å². The Bertz CT molecular complexity index is 1140. The Labute approximate surface area is 261 Å². The van der Waals surface area contributed by atoms with Crippen LogP contribution in [0.15, 0.2) is 42.5 Å². The Morgan fingerprint density at radius 3 is 1.68 bits per heavy atom. The predicted octanol–water partition coefficient (Wildman–Crippen LogP) is 3.73. The molecule has 0 saturated heterocycles. The van der Waals surface area contributed by atoms with Crippen molar-refractivity contribution in [1.29, 1.82) is 0 Å². The third kappa shape index (κ3) is 10.3. The summed E-state index contributed by atoms with van der Waals surface area (Å²) >= 11 is 1.55. The molecule has 0 unspecified atom stereocenters. The Hall–Kier alpha value is -0.877. The predicted molar refractivity (Wildman–Crippen MR) is 157 cm³/mol. The first-order valence-corrected chi connectivity index (χ1v) is 14.5. The summed E-state index contributed by atoms with van der Waals surface area (Å²) in [5.41, 5.74) is 13.3. The largest absolute Gasteiger partial charge is 1.00 e. The van der Waals surface area contributed by atoms with Crippen LogP contribution in [0.3, 0.4) is 0 Å². The summed E-state index contributed by atoms with van der Waals surface area (Å²) in [5, 5.41) is 0. The van der Waals surface area contributed by atoms with Crippen molar-refractivity contribution in [2.75, 3.05) is 0 Å². The molecule has 0 bridgehead atoms. The van der Waals surface area contributed by atoms with Crippen LogP contribution in [0, 0.1) is 19.9 Å². The van der Waals surface area contributed by atoms with E-state index in [1.165, 1.54) is 53.3 Å². The van der Waals surface area contributed by atoms with E-state index in [4.69, 9.17) is 0 Å². The van der Waals surface area contributed by atoms with Gasteiger partial charge in [-0.1, -0.05) is 105 Å². The molecule has 0 fully saturated rings. The third-order valence-corrected chi connectivity index (χ3v) is 6.51. The van der Waals surface area contributed by atoms with Crippen molar-refractivity contribution >= 4 is 3.21 Å². The van der Waals surface area contributed by atoms with Crippen LogP contribution >= 0.6 is 0 Å². The van der Waals surface area contributed by atoms with E-state index < -0.39 is 0 Å². The van der Waals surface area contributed by atoms with Gasteiger partial charge in [-0.05, 0) is 28.4 Å². The van der Waals surface area contributed by atoms with Gasteiger partial charge in [-0.2, -0.15) is 46.5 Å². The molecule has 1 aliphatic rings. The smallest absolute Gasteiger partial charge is 0.0632 e. The maximum atomic E-state index is 3.67. The summed E-state index contributed by atoms with van der Waals surface area (Å²) in [5.74, 6) is 0. The third-order valence-electron chi connectivity index (χ3n) is 6.51. The Morgan fingerprint density at radius 2 is 1.29 bits per heavy atom. The average Bonchev–Trinajstić information content (AvgIpc) is 3.24. The van der Waals surface area contributed by atoms with E-state index in [2.05, 4.69) is 139 Å². The van der Waals surface area contributed by atoms with Gasteiger partial charge < -0.3 is 24.8 Å². The second-order valence-electron chi connectivity index (χ2n) is 13.7. The van der Waals surface area contributed by atoms with Crippen LogP contribution in [0.4, 0.5) is 0 Å². The van der Waals surface area contributed by atoms with Gasteiger partial charge in [-0.25, -0.2) is 6.07 Å². The number of hydrogen-bond acceptors (Lipinski definition) is 0. The molecule has 0 N–H and O–H groups in total. The molecule has 0 spiro atoms. The molecule has 0 atom stereocenters. The zero-order valence-electron chi connectivity index (χ0n) is 26.0. The average molecular weight is 631 g/mol. The molecule has 0 nitrogen and oxygen atoms in total. The number of rotatable bonds is 0. The summed E-state index contributed by atoms with van der Waals surface area (Å²) in [6, 6.07) is 19.7. The monoisotopic (exact) mass is 628 g/mol. The zero-order valence-corrected chi connectivity index (χ0v) is 30.0. The van der Waals surface area contributed by atoms with Crippen LogP contribution in [0.25, 0.3) is 11.1 Å². The molecule has 0 heterocycles. The van der Waals surface area contributed by atoms with Crippen molar-refractivity contribution < 1.29 is 49.0 Å². The first kappa shape index (κ1) is 37.1. The van der Waals surface area contributed by atoms with Crippen molar-refractivity contribution in [1.82, 2.24) is 0 Å². The van der Waals surface area contributed by atoms with Crippen molar-refractivity contribution in [2.45, 2.75) is 113 Å². The van der Waals surface area contributed by atoms with E-state index in [0.29, 0.717) is 5.41 Å². The molecule has 208 valence electrons. The number of benzene rings is 2. The molecule has 3 heteroatoms. The normalized spacial score (nSPS) is 12.0. The van der Waals surface area contributed by atoms with Crippen molar-refractivity contribution in [3.05, 3.63) is 87.5 Å². The van der Waals surface area contributed by atoms with Crippen LogP contribution in [0.1, 0.15) is 115 Å². The number of aryl methyl sites for hydroxylation is 2. The van der Waals surface area contributed by atoms with Crippen LogP contribution in [-0.2, 0) is 46.9 Å². The fraction of sp³-hybridized carbons (Fsp3) is 0.486. The molecule has 0 amide bonds. The number of hydrogen-bond donors (Lipinski definition) is 0. The van der Waals surface area contributed by atoms with Gasteiger partial charge in [0.05, 0.1) is 0 Å². The Morgan fingerprint density at radius 1 is 0.763 bits per heavy atom. The van der Waals surface area contributed by atoms with Gasteiger partial charge in [-0.3, -0.25) is 0 Å². The minimum Gasteiger partial charge on any atom is -1.00 e. The summed E-state index contributed by atoms with van der Waals surface area (Å²) in [4.78, 5) is 0. The molecule has 0 radical (unpaired) electrons. The SMILES string of the molecule is CC(C)(C)c1[c-]c2c(cc1)-c1ccc(C(C)(C)C)cc1C2.C[C](C)=[Zr+2].Cc1cc(C(C)(C)C)c(C)[cH-]1.[Cl-].[Cl-]. The number of halogens is 2. The molecule has 3 aromatic rings. The summed E-state index contributed by atoms with van der Waals surface area (Å²) in [6.07, 6.45) is 1.03. The Balaban J connectivity index is 0.000000684. The van der Waals surface area contributed by atoms with Gasteiger partial charge in [0.15, 0.2) is 0 Å². The Kier molecular flexibility index (Phi) is 13.8. The zero-order chi connectivity index (χ0) is 27.6. The van der Waals surface area contributed by atoms with Crippen molar-refractivity contribution in [3.63, 3.8) is 0 Å². The summed E-state index contributed by atoms with van der Waals surface area (Å²) in [6.45, 7) is 29.0. The van der Waals surface area contributed by atoms with E-state index in [1.807, 2.05) is 0 Å². The molecule has 3 aromatic carbocycles. The van der Waals surface area contributed by atoms with Crippen molar-refractivity contribution in [2.24, 2.45) is 0 Å². The minimum atomic E-state index is 0. The quantitative estimate of drug-likeness (QED) is 0.260. The molecule has 0 saturated carbocycles. The van der Waals surface area contributed by atoms with E-state index in [-0.39, 0.29) is 35.6 Å². The van der Waals surface area contributed by atoms with Crippen LogP contribution in [0.2, 0.25) is 0 Å². The van der Waals surface area contributed by atoms with Gasteiger partial charge in [0.1, 0.15) is 0 Å². The van der Waals surface area contributed by atoms with Gasteiger partial charge in [-0.15, -0.1) is 11.1 Å². The molecular weight excluding hydrogens is 583 g/mol. The second-order valence-corrected chi connectivity index (χ2v) is 16.2. The first-order valence-electron chi connectivity index (χ1n) is 13.3. The van der Waals surface area contributed by atoms with Gasteiger partial charge >= 0.3 is 41.3 Å². The first-order chi connectivity index (χ1) is 16.3. The topological polar surface area (TPSA) is 0 Å². The summed E-state index contributed by atoms with van der Waals surface area (Å²) in [7, 11) is 0. The molecule has 4 rings (SSSR count). The number of fused-ring (bicyclic) bond motifs is 3. The van der Waals surface area contributed by atoms with E-state index in [1.54, 1.807) is 24.2 Å². The van der Waals surface area contributed by atoms with Crippen LogP contribution in [0.5, 0.6) is 0 Å².